The number of hydrogen-bond donors (Lipinski definition) is 1. The van der Waals surface area contributed by atoms with Crippen molar-refractivity contribution in [3.63, 3.8) is 0 Å². The molecule has 1 N–H and O–H groups in total. The van der Waals surface area contributed by atoms with Gasteiger partial charge in [-0.05, 0) is 12.1 Å². The summed E-state index contributed by atoms with van der Waals surface area (Å²) in [6.07, 6.45) is 0. The molecule has 0 amide bonds. The zero-order valence-electron chi connectivity index (χ0n) is 7.17. The minimum atomic E-state index is -0.329. The SMILES string of the molecule is Fc1ccccc1-c1nnc(CCl)[nH]1. The quantitative estimate of drug-likeness (QED) is 0.775. The van der Waals surface area contributed by atoms with Crippen molar-refractivity contribution in [2.24, 2.45) is 0 Å². The molecule has 0 atom stereocenters. The summed E-state index contributed by atoms with van der Waals surface area (Å²) in [5.74, 6) is 0.843. The maximum atomic E-state index is 13.3. The van der Waals surface area contributed by atoms with E-state index >= 15 is 0 Å². The van der Waals surface area contributed by atoms with Gasteiger partial charge in [-0.25, -0.2) is 4.39 Å². The predicted octanol–water partition coefficient (Wildman–Crippen LogP) is 2.35. The highest BCUT2D eigenvalue weighted by molar-refractivity contribution is 6.16. The van der Waals surface area contributed by atoms with Crippen molar-refractivity contribution in [3.8, 4) is 11.4 Å². The fourth-order valence-electron chi connectivity index (χ4n) is 1.13. The van der Waals surface area contributed by atoms with Gasteiger partial charge in [0.25, 0.3) is 0 Å². The van der Waals surface area contributed by atoms with Gasteiger partial charge in [0.05, 0.1) is 11.4 Å². The van der Waals surface area contributed by atoms with E-state index in [-0.39, 0.29) is 11.7 Å². The zero-order valence-corrected chi connectivity index (χ0v) is 7.92. The van der Waals surface area contributed by atoms with Gasteiger partial charge in [-0.1, -0.05) is 12.1 Å². The van der Waals surface area contributed by atoms with Gasteiger partial charge in [-0.2, -0.15) is 0 Å². The van der Waals surface area contributed by atoms with Crippen molar-refractivity contribution >= 4 is 11.6 Å². The molecule has 14 heavy (non-hydrogen) atoms. The van der Waals surface area contributed by atoms with E-state index in [0.717, 1.165) is 0 Å². The second kappa shape index (κ2) is 3.75. The molecule has 1 aromatic carbocycles. The number of rotatable bonds is 2. The highest BCUT2D eigenvalue weighted by Gasteiger charge is 2.08. The van der Waals surface area contributed by atoms with E-state index in [1.165, 1.54) is 6.07 Å². The number of nitrogens with one attached hydrogen (secondary N) is 1. The third kappa shape index (κ3) is 1.61. The van der Waals surface area contributed by atoms with Gasteiger partial charge < -0.3 is 4.98 Å². The Morgan fingerprint density at radius 1 is 1.29 bits per heavy atom. The fraction of sp³-hybridized carbons (Fsp3) is 0.111. The second-order valence-electron chi connectivity index (χ2n) is 2.73. The Labute approximate surface area is 84.9 Å². The van der Waals surface area contributed by atoms with Crippen molar-refractivity contribution in [1.82, 2.24) is 15.2 Å². The lowest BCUT2D eigenvalue weighted by Gasteiger charge is -1.96. The largest absolute Gasteiger partial charge is 0.324 e. The summed E-state index contributed by atoms with van der Waals surface area (Å²) in [6.45, 7) is 0. The molecular formula is C9H7ClFN3. The van der Waals surface area contributed by atoms with Crippen LogP contribution in [0.1, 0.15) is 5.82 Å². The summed E-state index contributed by atoms with van der Waals surface area (Å²) in [5.41, 5.74) is 0.399. The first kappa shape index (κ1) is 9.15. The minimum absolute atomic E-state index is 0.238. The molecule has 0 spiro atoms. The van der Waals surface area contributed by atoms with Crippen molar-refractivity contribution in [1.29, 1.82) is 0 Å². The molecule has 1 aromatic heterocycles. The molecule has 2 aromatic rings. The Kier molecular flexibility index (Phi) is 2.45. The van der Waals surface area contributed by atoms with E-state index < -0.39 is 0 Å². The number of hydrogen-bond acceptors (Lipinski definition) is 2. The van der Waals surface area contributed by atoms with Crippen molar-refractivity contribution < 1.29 is 4.39 Å². The first-order chi connectivity index (χ1) is 6.81. The smallest absolute Gasteiger partial charge is 0.164 e. The van der Waals surface area contributed by atoms with Crippen LogP contribution in [0.25, 0.3) is 11.4 Å². The summed E-state index contributed by atoms with van der Waals surface area (Å²) in [5, 5.41) is 7.54. The summed E-state index contributed by atoms with van der Waals surface area (Å²) in [6, 6.07) is 6.37. The fourth-order valence-corrected chi connectivity index (χ4v) is 1.25. The van der Waals surface area contributed by atoms with Gasteiger partial charge in [0.2, 0.25) is 0 Å². The molecule has 0 aliphatic rings. The van der Waals surface area contributed by atoms with Crippen molar-refractivity contribution in [2.75, 3.05) is 0 Å². The number of halogens is 2. The van der Waals surface area contributed by atoms with Gasteiger partial charge in [0.15, 0.2) is 5.82 Å². The number of aromatic nitrogens is 3. The van der Waals surface area contributed by atoms with Crippen LogP contribution in [0, 0.1) is 5.82 Å². The lowest BCUT2D eigenvalue weighted by atomic mass is 10.2. The molecule has 0 radical (unpaired) electrons. The molecule has 0 saturated heterocycles. The van der Waals surface area contributed by atoms with Gasteiger partial charge in [0, 0.05) is 0 Å². The molecular weight excluding hydrogens is 205 g/mol. The first-order valence-electron chi connectivity index (χ1n) is 4.03. The summed E-state index contributed by atoms with van der Waals surface area (Å²) in [4.78, 5) is 2.83. The van der Waals surface area contributed by atoms with Crippen molar-refractivity contribution in [2.45, 2.75) is 5.88 Å². The maximum Gasteiger partial charge on any atom is 0.164 e. The van der Waals surface area contributed by atoms with Gasteiger partial charge in [-0.15, -0.1) is 21.8 Å². The lowest BCUT2D eigenvalue weighted by molar-refractivity contribution is 0.630. The number of alkyl halides is 1. The Bertz CT molecular complexity index is 441. The first-order valence-corrected chi connectivity index (χ1v) is 4.57. The molecule has 2 rings (SSSR count). The van der Waals surface area contributed by atoms with Crippen LogP contribution in [-0.4, -0.2) is 15.2 Å². The van der Waals surface area contributed by atoms with E-state index in [4.69, 9.17) is 11.6 Å². The molecule has 0 fully saturated rings. The molecule has 0 unspecified atom stereocenters. The van der Waals surface area contributed by atoms with Crippen LogP contribution >= 0.6 is 11.6 Å². The van der Waals surface area contributed by atoms with Crippen LogP contribution < -0.4 is 0 Å². The number of aromatic amines is 1. The summed E-state index contributed by atoms with van der Waals surface area (Å²) in [7, 11) is 0. The number of H-pyrrole nitrogens is 1. The zero-order chi connectivity index (χ0) is 9.97. The monoisotopic (exact) mass is 211 g/mol. The normalized spacial score (nSPS) is 10.4. The molecule has 3 nitrogen and oxygen atoms in total. The van der Waals surface area contributed by atoms with E-state index in [1.54, 1.807) is 18.2 Å². The average molecular weight is 212 g/mol. The molecule has 0 aliphatic carbocycles. The Hall–Kier alpha value is -1.42. The Morgan fingerprint density at radius 2 is 2.07 bits per heavy atom. The van der Waals surface area contributed by atoms with E-state index in [9.17, 15) is 4.39 Å². The van der Waals surface area contributed by atoms with E-state index in [1.807, 2.05) is 0 Å². The summed E-state index contributed by atoms with van der Waals surface area (Å²) >= 11 is 5.54. The Balaban J connectivity index is 2.44. The molecule has 0 bridgehead atoms. The molecule has 1 heterocycles. The predicted molar refractivity (Wildman–Crippen MR) is 51.3 cm³/mol. The van der Waals surface area contributed by atoms with E-state index in [0.29, 0.717) is 17.2 Å². The standard InChI is InChI=1S/C9H7ClFN3/c10-5-8-12-9(14-13-8)6-3-1-2-4-7(6)11/h1-4H,5H2,(H,12,13,14). The molecule has 0 saturated carbocycles. The molecule has 5 heteroatoms. The van der Waals surface area contributed by atoms with Gasteiger partial charge in [0.1, 0.15) is 11.6 Å². The molecule has 72 valence electrons. The van der Waals surface area contributed by atoms with Gasteiger partial charge in [-0.3, -0.25) is 0 Å². The van der Waals surface area contributed by atoms with Crippen LogP contribution in [0.3, 0.4) is 0 Å². The highest BCUT2D eigenvalue weighted by atomic mass is 35.5. The number of benzene rings is 1. The highest BCUT2D eigenvalue weighted by Crippen LogP contribution is 2.18. The van der Waals surface area contributed by atoms with Crippen LogP contribution in [-0.2, 0) is 5.88 Å². The summed E-state index contributed by atoms with van der Waals surface area (Å²) < 4.78 is 13.3. The Morgan fingerprint density at radius 3 is 2.71 bits per heavy atom. The number of nitrogens with zero attached hydrogens (tertiary/aromatic N) is 2. The van der Waals surface area contributed by atoms with Crippen LogP contribution in [0.5, 0.6) is 0 Å². The van der Waals surface area contributed by atoms with Crippen LogP contribution in [0.15, 0.2) is 24.3 Å². The third-order valence-electron chi connectivity index (χ3n) is 1.79. The average Bonchev–Trinajstić information content (AvgIpc) is 2.67. The van der Waals surface area contributed by atoms with Gasteiger partial charge >= 0.3 is 0 Å². The van der Waals surface area contributed by atoms with Crippen LogP contribution in [0.2, 0.25) is 0 Å². The second-order valence-corrected chi connectivity index (χ2v) is 3.00. The minimum Gasteiger partial charge on any atom is -0.324 e. The topological polar surface area (TPSA) is 41.6 Å². The van der Waals surface area contributed by atoms with Crippen molar-refractivity contribution in [3.05, 3.63) is 35.9 Å². The van der Waals surface area contributed by atoms with E-state index in [2.05, 4.69) is 15.2 Å². The molecule has 0 aliphatic heterocycles. The lowest BCUT2D eigenvalue weighted by Crippen LogP contribution is -1.85. The maximum absolute atomic E-state index is 13.3. The third-order valence-corrected chi connectivity index (χ3v) is 2.04. The van der Waals surface area contributed by atoms with Crippen LogP contribution in [0.4, 0.5) is 4.39 Å².